The molecule has 1 heterocycles. The molecule has 1 amide bonds. The van der Waals surface area contributed by atoms with Crippen molar-refractivity contribution in [3.63, 3.8) is 0 Å². The fourth-order valence-electron chi connectivity index (χ4n) is 1.29. The number of anilines is 1. The minimum absolute atomic E-state index is 0.348. The Bertz CT molecular complexity index is 478. The predicted molar refractivity (Wildman–Crippen MR) is 57.4 cm³/mol. The van der Waals surface area contributed by atoms with Crippen LogP contribution >= 0.6 is 0 Å². The molecule has 1 aromatic rings. The highest BCUT2D eigenvalue weighted by molar-refractivity contribution is 6.36. The average Bonchev–Trinajstić information content (AvgIpc) is 2.65. The number of methoxy groups -OCH3 is 1. The van der Waals surface area contributed by atoms with E-state index in [0.29, 0.717) is 22.8 Å². The van der Waals surface area contributed by atoms with E-state index in [1.54, 1.807) is 25.3 Å². The van der Waals surface area contributed by atoms with Gasteiger partial charge < -0.3 is 10.5 Å². The molecular weight excluding hydrogens is 194 g/mol. The minimum Gasteiger partial charge on any atom is -0.495 e. The third-order valence-electron chi connectivity index (χ3n) is 2.00. The van der Waals surface area contributed by atoms with Crippen molar-refractivity contribution < 1.29 is 9.53 Å². The smallest absolute Gasteiger partial charge is 0.290 e. The SMILES string of the molecule is COc1ccc(C2=NC(=O)C=N2)cc1N. The predicted octanol–water partition coefficient (Wildman–Crippen LogP) is 0.635. The molecule has 1 aromatic carbocycles. The van der Waals surface area contributed by atoms with Gasteiger partial charge in [-0.25, -0.2) is 4.99 Å². The van der Waals surface area contributed by atoms with Gasteiger partial charge in [0.15, 0.2) is 5.84 Å². The number of hydrogen-bond donors (Lipinski definition) is 1. The second-order valence-corrected chi connectivity index (χ2v) is 2.99. The topological polar surface area (TPSA) is 77.0 Å². The molecular formula is C10H9N3O2. The van der Waals surface area contributed by atoms with E-state index in [4.69, 9.17) is 10.5 Å². The summed E-state index contributed by atoms with van der Waals surface area (Å²) in [7, 11) is 1.54. The molecule has 0 saturated heterocycles. The highest BCUT2D eigenvalue weighted by atomic mass is 16.5. The summed E-state index contributed by atoms with van der Waals surface area (Å²) in [6.07, 6.45) is 1.18. The summed E-state index contributed by atoms with van der Waals surface area (Å²) >= 11 is 0. The zero-order chi connectivity index (χ0) is 10.8. The maximum absolute atomic E-state index is 10.8. The number of nitrogens with two attached hydrogens (primary N) is 1. The standard InChI is InChI=1S/C10H9N3O2/c1-15-8-3-2-6(4-7(8)11)10-12-5-9(14)13-10/h2-5H,11H2,1H3. The second-order valence-electron chi connectivity index (χ2n) is 2.99. The molecule has 15 heavy (non-hydrogen) atoms. The molecule has 0 aliphatic carbocycles. The van der Waals surface area contributed by atoms with E-state index < -0.39 is 0 Å². The fraction of sp³-hybridized carbons (Fsp3) is 0.100. The molecule has 0 spiro atoms. The fourth-order valence-corrected chi connectivity index (χ4v) is 1.29. The van der Waals surface area contributed by atoms with Crippen molar-refractivity contribution in [2.24, 2.45) is 9.98 Å². The average molecular weight is 203 g/mol. The number of nitrogen functional groups attached to an aromatic ring is 1. The first-order valence-electron chi connectivity index (χ1n) is 4.31. The molecule has 0 unspecified atom stereocenters. The molecule has 0 aromatic heterocycles. The van der Waals surface area contributed by atoms with Gasteiger partial charge in [0.25, 0.3) is 5.91 Å². The van der Waals surface area contributed by atoms with E-state index in [9.17, 15) is 4.79 Å². The van der Waals surface area contributed by atoms with Crippen LogP contribution in [-0.2, 0) is 4.79 Å². The number of ether oxygens (including phenoxy) is 1. The van der Waals surface area contributed by atoms with Crippen LogP contribution in [0.3, 0.4) is 0 Å². The number of carbonyl (C=O) groups excluding carboxylic acids is 1. The molecule has 5 nitrogen and oxygen atoms in total. The third-order valence-corrected chi connectivity index (χ3v) is 2.00. The Morgan fingerprint density at radius 2 is 2.20 bits per heavy atom. The molecule has 0 radical (unpaired) electrons. The summed E-state index contributed by atoms with van der Waals surface area (Å²) in [6, 6.07) is 5.14. The Morgan fingerprint density at radius 1 is 1.40 bits per heavy atom. The number of hydrogen-bond acceptors (Lipinski definition) is 4. The van der Waals surface area contributed by atoms with Crippen LogP contribution in [0.15, 0.2) is 28.2 Å². The van der Waals surface area contributed by atoms with Gasteiger partial charge >= 0.3 is 0 Å². The van der Waals surface area contributed by atoms with Gasteiger partial charge in [-0.3, -0.25) is 4.79 Å². The largest absolute Gasteiger partial charge is 0.495 e. The summed E-state index contributed by atoms with van der Waals surface area (Å²) in [6.45, 7) is 0. The molecule has 1 aliphatic heterocycles. The lowest BCUT2D eigenvalue weighted by Gasteiger charge is -2.05. The van der Waals surface area contributed by atoms with Crippen molar-refractivity contribution in [2.75, 3.05) is 12.8 Å². The molecule has 0 fully saturated rings. The number of amides is 1. The molecule has 1 aliphatic rings. The van der Waals surface area contributed by atoms with E-state index in [2.05, 4.69) is 9.98 Å². The maximum Gasteiger partial charge on any atom is 0.290 e. The van der Waals surface area contributed by atoms with Gasteiger partial charge in [-0.2, -0.15) is 4.99 Å². The van der Waals surface area contributed by atoms with Crippen LogP contribution < -0.4 is 10.5 Å². The van der Waals surface area contributed by atoms with E-state index >= 15 is 0 Å². The summed E-state index contributed by atoms with van der Waals surface area (Å²) < 4.78 is 5.01. The monoisotopic (exact) mass is 203 g/mol. The number of carbonyl (C=O) groups is 1. The Hall–Kier alpha value is -2.17. The number of nitrogens with zero attached hydrogens (tertiary/aromatic N) is 2. The van der Waals surface area contributed by atoms with Gasteiger partial charge in [-0.1, -0.05) is 0 Å². The minimum atomic E-state index is -0.348. The van der Waals surface area contributed by atoms with Gasteiger partial charge in [0.05, 0.1) is 19.0 Å². The molecule has 0 bridgehead atoms. The van der Waals surface area contributed by atoms with Crippen LogP contribution in [0.5, 0.6) is 5.75 Å². The zero-order valence-electron chi connectivity index (χ0n) is 8.10. The lowest BCUT2D eigenvalue weighted by atomic mass is 10.2. The number of aliphatic imine (C=N–C) groups is 2. The van der Waals surface area contributed by atoms with Crippen molar-refractivity contribution in [2.45, 2.75) is 0 Å². The summed E-state index contributed by atoms with van der Waals surface area (Å²) in [5.74, 6) is 0.626. The van der Waals surface area contributed by atoms with Crippen LogP contribution in [0, 0.1) is 0 Å². The Balaban J connectivity index is 2.39. The summed E-state index contributed by atoms with van der Waals surface area (Å²) in [4.78, 5) is 18.4. The summed E-state index contributed by atoms with van der Waals surface area (Å²) in [5, 5.41) is 0. The lowest BCUT2D eigenvalue weighted by Crippen LogP contribution is -1.98. The Morgan fingerprint density at radius 3 is 2.73 bits per heavy atom. The van der Waals surface area contributed by atoms with Crippen molar-refractivity contribution in [3.8, 4) is 5.75 Å². The zero-order valence-corrected chi connectivity index (χ0v) is 8.10. The molecule has 2 rings (SSSR count). The molecule has 2 N–H and O–H groups in total. The summed E-state index contributed by atoms with van der Waals surface area (Å²) in [5.41, 5.74) is 6.91. The Labute approximate surface area is 86.3 Å². The van der Waals surface area contributed by atoms with Crippen LogP contribution in [0.25, 0.3) is 0 Å². The second kappa shape index (κ2) is 3.53. The van der Waals surface area contributed by atoms with E-state index in [0.717, 1.165) is 0 Å². The molecule has 0 atom stereocenters. The van der Waals surface area contributed by atoms with Crippen LogP contribution in [0.4, 0.5) is 5.69 Å². The first-order chi connectivity index (χ1) is 7.20. The van der Waals surface area contributed by atoms with Crippen molar-refractivity contribution in [1.29, 1.82) is 0 Å². The molecule has 5 heteroatoms. The lowest BCUT2D eigenvalue weighted by molar-refractivity contribution is -0.111. The normalized spacial score (nSPS) is 14.2. The molecule has 0 saturated carbocycles. The first kappa shape index (κ1) is 9.39. The van der Waals surface area contributed by atoms with Gasteiger partial charge in [-0.05, 0) is 18.2 Å². The van der Waals surface area contributed by atoms with Gasteiger partial charge in [-0.15, -0.1) is 0 Å². The first-order valence-corrected chi connectivity index (χ1v) is 4.31. The van der Waals surface area contributed by atoms with E-state index in [1.165, 1.54) is 6.21 Å². The van der Waals surface area contributed by atoms with Gasteiger partial charge in [0.2, 0.25) is 0 Å². The number of rotatable bonds is 2. The molecule has 76 valence electrons. The van der Waals surface area contributed by atoms with Crippen molar-refractivity contribution in [1.82, 2.24) is 0 Å². The number of amidine groups is 1. The van der Waals surface area contributed by atoms with Crippen LogP contribution in [0.1, 0.15) is 5.56 Å². The van der Waals surface area contributed by atoms with Crippen molar-refractivity contribution in [3.05, 3.63) is 23.8 Å². The third kappa shape index (κ3) is 1.71. The van der Waals surface area contributed by atoms with E-state index in [-0.39, 0.29) is 5.91 Å². The Kier molecular flexibility index (Phi) is 2.21. The van der Waals surface area contributed by atoms with Crippen LogP contribution in [-0.4, -0.2) is 25.1 Å². The quantitative estimate of drug-likeness (QED) is 0.716. The highest BCUT2D eigenvalue weighted by Crippen LogP contribution is 2.22. The highest BCUT2D eigenvalue weighted by Gasteiger charge is 2.11. The van der Waals surface area contributed by atoms with Gasteiger partial charge in [0, 0.05) is 5.56 Å². The van der Waals surface area contributed by atoms with Gasteiger partial charge in [0.1, 0.15) is 5.75 Å². The number of benzene rings is 1. The van der Waals surface area contributed by atoms with E-state index in [1.807, 2.05) is 0 Å². The van der Waals surface area contributed by atoms with Crippen LogP contribution in [0.2, 0.25) is 0 Å². The van der Waals surface area contributed by atoms with Crippen molar-refractivity contribution >= 4 is 23.6 Å². The maximum atomic E-state index is 10.8.